The van der Waals surface area contributed by atoms with Crippen molar-refractivity contribution in [3.8, 4) is 0 Å². The molecule has 31 heavy (non-hydrogen) atoms. The summed E-state index contributed by atoms with van der Waals surface area (Å²) in [6, 6.07) is 21.6. The number of thiophene rings is 1. The summed E-state index contributed by atoms with van der Waals surface area (Å²) in [5.74, 6) is -0.106. The smallest absolute Gasteiger partial charge is 0.254 e. The first-order chi connectivity index (χ1) is 15.1. The van der Waals surface area contributed by atoms with Gasteiger partial charge in [-0.25, -0.2) is 0 Å². The Labute approximate surface area is 189 Å². The van der Waals surface area contributed by atoms with E-state index in [0.29, 0.717) is 25.2 Å². The minimum Gasteiger partial charge on any atom is -0.332 e. The molecule has 4 nitrogen and oxygen atoms in total. The Bertz CT molecular complexity index is 970. The van der Waals surface area contributed by atoms with Gasteiger partial charge in [-0.1, -0.05) is 67.9 Å². The van der Waals surface area contributed by atoms with Crippen molar-refractivity contribution >= 4 is 23.2 Å². The van der Waals surface area contributed by atoms with Crippen LogP contribution in [0.15, 0.2) is 72.1 Å². The second kappa shape index (κ2) is 11.5. The minimum absolute atomic E-state index is 0.0321. The van der Waals surface area contributed by atoms with Crippen LogP contribution in [0.2, 0.25) is 0 Å². The predicted octanol–water partition coefficient (Wildman–Crippen LogP) is 5.53. The van der Waals surface area contributed by atoms with E-state index in [1.165, 1.54) is 0 Å². The van der Waals surface area contributed by atoms with Crippen LogP contribution in [0, 0.1) is 6.92 Å². The van der Waals surface area contributed by atoms with Crippen molar-refractivity contribution in [3.63, 3.8) is 0 Å². The predicted molar refractivity (Wildman–Crippen MR) is 127 cm³/mol. The Kier molecular flexibility index (Phi) is 8.42. The summed E-state index contributed by atoms with van der Waals surface area (Å²) in [5, 5.41) is 2.02. The first-order valence-electron chi connectivity index (χ1n) is 10.8. The molecule has 1 aromatic heterocycles. The Balaban J connectivity index is 1.79. The van der Waals surface area contributed by atoms with E-state index in [4.69, 9.17) is 0 Å². The SMILES string of the molecule is CCCCN(CC(=O)N(Cc1ccccc1)Cc1cccs1)C(=O)c1ccccc1C. The highest BCUT2D eigenvalue weighted by Crippen LogP contribution is 2.17. The summed E-state index contributed by atoms with van der Waals surface area (Å²) in [6.07, 6.45) is 1.84. The first-order valence-corrected chi connectivity index (χ1v) is 11.7. The van der Waals surface area contributed by atoms with Gasteiger partial charge in [-0.2, -0.15) is 0 Å². The topological polar surface area (TPSA) is 40.6 Å². The van der Waals surface area contributed by atoms with E-state index in [0.717, 1.165) is 28.8 Å². The molecule has 0 saturated carbocycles. The minimum atomic E-state index is -0.0734. The molecule has 0 unspecified atom stereocenters. The lowest BCUT2D eigenvalue weighted by molar-refractivity contribution is -0.133. The van der Waals surface area contributed by atoms with Crippen molar-refractivity contribution in [2.24, 2.45) is 0 Å². The van der Waals surface area contributed by atoms with Crippen LogP contribution < -0.4 is 0 Å². The molecule has 0 aliphatic carbocycles. The van der Waals surface area contributed by atoms with E-state index < -0.39 is 0 Å². The van der Waals surface area contributed by atoms with Gasteiger partial charge in [-0.3, -0.25) is 9.59 Å². The molecule has 2 amide bonds. The summed E-state index contributed by atoms with van der Waals surface area (Å²) < 4.78 is 0. The molecule has 0 spiro atoms. The molecule has 2 aromatic carbocycles. The van der Waals surface area contributed by atoms with Gasteiger partial charge in [0, 0.05) is 23.5 Å². The fourth-order valence-electron chi connectivity index (χ4n) is 3.47. The maximum Gasteiger partial charge on any atom is 0.254 e. The van der Waals surface area contributed by atoms with Crippen LogP contribution in [0.3, 0.4) is 0 Å². The van der Waals surface area contributed by atoms with E-state index in [1.54, 1.807) is 16.2 Å². The average molecular weight is 435 g/mol. The second-order valence-electron chi connectivity index (χ2n) is 7.71. The highest BCUT2D eigenvalue weighted by atomic mass is 32.1. The van der Waals surface area contributed by atoms with Crippen LogP contribution in [0.4, 0.5) is 0 Å². The van der Waals surface area contributed by atoms with Crippen LogP contribution in [-0.4, -0.2) is 34.7 Å². The summed E-state index contributed by atoms with van der Waals surface area (Å²) in [5.41, 5.74) is 2.68. The quantitative estimate of drug-likeness (QED) is 0.421. The molecule has 5 heteroatoms. The number of amides is 2. The lowest BCUT2D eigenvalue weighted by Gasteiger charge is -2.28. The summed E-state index contributed by atoms with van der Waals surface area (Å²) in [6.45, 7) is 5.77. The van der Waals surface area contributed by atoms with E-state index in [-0.39, 0.29) is 18.4 Å². The summed E-state index contributed by atoms with van der Waals surface area (Å²) in [4.78, 5) is 31.4. The van der Waals surface area contributed by atoms with Crippen LogP contribution in [-0.2, 0) is 17.9 Å². The van der Waals surface area contributed by atoms with Crippen LogP contribution >= 0.6 is 11.3 Å². The maximum absolute atomic E-state index is 13.4. The van der Waals surface area contributed by atoms with Gasteiger partial charge < -0.3 is 9.80 Å². The molecule has 0 fully saturated rings. The van der Waals surface area contributed by atoms with Crippen molar-refractivity contribution in [2.45, 2.75) is 39.8 Å². The summed E-state index contributed by atoms with van der Waals surface area (Å²) in [7, 11) is 0. The Morgan fingerprint density at radius 2 is 1.61 bits per heavy atom. The largest absolute Gasteiger partial charge is 0.332 e. The fraction of sp³-hybridized carbons (Fsp3) is 0.308. The zero-order valence-corrected chi connectivity index (χ0v) is 19.1. The third-order valence-corrected chi connectivity index (χ3v) is 6.13. The van der Waals surface area contributed by atoms with Gasteiger partial charge in [-0.05, 0) is 42.0 Å². The lowest BCUT2D eigenvalue weighted by atomic mass is 10.1. The standard InChI is InChI=1S/C26H30N2O2S/c1-3-4-16-27(26(30)24-15-9-8-11-21(24)2)20-25(29)28(19-23-14-10-17-31-23)18-22-12-6-5-7-13-22/h5-15,17H,3-4,16,18-20H2,1-2H3. The highest BCUT2D eigenvalue weighted by molar-refractivity contribution is 7.09. The molecule has 0 bridgehead atoms. The number of aryl methyl sites for hydroxylation is 1. The number of unbranched alkanes of at least 4 members (excludes halogenated alkanes) is 1. The molecular formula is C26H30N2O2S. The molecule has 1 heterocycles. The van der Waals surface area contributed by atoms with Crippen LogP contribution in [0.25, 0.3) is 0 Å². The third-order valence-electron chi connectivity index (χ3n) is 5.27. The van der Waals surface area contributed by atoms with Crippen molar-refractivity contribution in [1.82, 2.24) is 9.80 Å². The molecule has 0 radical (unpaired) electrons. The Morgan fingerprint density at radius 3 is 2.29 bits per heavy atom. The van der Waals surface area contributed by atoms with Gasteiger partial charge in [0.05, 0.1) is 6.54 Å². The number of carbonyl (C=O) groups is 2. The first kappa shape index (κ1) is 22.8. The number of rotatable bonds is 10. The monoisotopic (exact) mass is 434 g/mol. The molecule has 0 aliphatic rings. The number of hydrogen-bond acceptors (Lipinski definition) is 3. The average Bonchev–Trinajstić information content (AvgIpc) is 3.30. The van der Waals surface area contributed by atoms with E-state index in [9.17, 15) is 9.59 Å². The van der Waals surface area contributed by atoms with Gasteiger partial charge >= 0.3 is 0 Å². The van der Waals surface area contributed by atoms with Crippen molar-refractivity contribution < 1.29 is 9.59 Å². The van der Waals surface area contributed by atoms with Crippen LogP contribution in [0.5, 0.6) is 0 Å². The number of benzene rings is 2. The van der Waals surface area contributed by atoms with Crippen LogP contribution in [0.1, 0.15) is 46.1 Å². The van der Waals surface area contributed by atoms with Gasteiger partial charge in [0.2, 0.25) is 5.91 Å². The molecule has 3 rings (SSSR count). The Morgan fingerprint density at radius 1 is 0.871 bits per heavy atom. The van der Waals surface area contributed by atoms with Gasteiger partial charge in [-0.15, -0.1) is 11.3 Å². The number of hydrogen-bond donors (Lipinski definition) is 0. The van der Waals surface area contributed by atoms with E-state index in [1.807, 2.05) is 83.9 Å². The molecular weight excluding hydrogens is 404 g/mol. The fourth-order valence-corrected chi connectivity index (χ4v) is 4.19. The normalized spacial score (nSPS) is 10.6. The molecule has 3 aromatic rings. The molecule has 0 atom stereocenters. The van der Waals surface area contributed by atoms with E-state index >= 15 is 0 Å². The molecule has 0 aliphatic heterocycles. The number of nitrogens with zero attached hydrogens (tertiary/aromatic N) is 2. The van der Waals surface area contributed by atoms with E-state index in [2.05, 4.69) is 6.92 Å². The maximum atomic E-state index is 13.4. The second-order valence-corrected chi connectivity index (χ2v) is 8.74. The van der Waals surface area contributed by atoms with Crippen molar-refractivity contribution in [3.05, 3.63) is 93.7 Å². The molecule has 0 N–H and O–H groups in total. The lowest BCUT2D eigenvalue weighted by Crippen LogP contribution is -2.43. The van der Waals surface area contributed by atoms with Gasteiger partial charge in [0.1, 0.15) is 6.54 Å². The zero-order chi connectivity index (χ0) is 22.1. The Hall–Kier alpha value is -2.92. The van der Waals surface area contributed by atoms with Gasteiger partial charge in [0.25, 0.3) is 5.91 Å². The van der Waals surface area contributed by atoms with Crippen molar-refractivity contribution in [2.75, 3.05) is 13.1 Å². The molecule has 162 valence electrons. The van der Waals surface area contributed by atoms with Crippen molar-refractivity contribution in [1.29, 1.82) is 0 Å². The third kappa shape index (κ3) is 6.53. The molecule has 0 saturated heterocycles. The highest BCUT2D eigenvalue weighted by Gasteiger charge is 2.23. The van der Waals surface area contributed by atoms with Gasteiger partial charge in [0.15, 0.2) is 0 Å². The summed E-state index contributed by atoms with van der Waals surface area (Å²) >= 11 is 1.64. The number of carbonyl (C=O) groups excluding carboxylic acids is 2. The zero-order valence-electron chi connectivity index (χ0n) is 18.3.